The van der Waals surface area contributed by atoms with Crippen LogP contribution in [-0.2, 0) is 4.74 Å². The second-order valence-corrected chi connectivity index (χ2v) is 5.26. The Labute approximate surface area is 119 Å². The van der Waals surface area contributed by atoms with E-state index in [4.69, 9.17) is 10.5 Å². The Morgan fingerprint density at radius 1 is 1.53 bits per heavy atom. The summed E-state index contributed by atoms with van der Waals surface area (Å²) >= 11 is 0. The number of nitrogens with one attached hydrogen (secondary N) is 1. The summed E-state index contributed by atoms with van der Waals surface area (Å²) in [5, 5.41) is 2.98. The second-order valence-electron chi connectivity index (χ2n) is 5.26. The zero-order valence-corrected chi connectivity index (χ0v) is 12.2. The molecule has 1 saturated carbocycles. The van der Waals surface area contributed by atoms with Crippen LogP contribution in [0.15, 0.2) is 18.2 Å². The molecule has 1 fully saturated rings. The lowest BCUT2D eigenvalue weighted by Gasteiger charge is -2.51. The Morgan fingerprint density at radius 3 is 2.74 bits per heavy atom. The molecule has 106 valence electrons. The van der Waals surface area contributed by atoms with Gasteiger partial charge in [-0.3, -0.25) is 4.79 Å². The number of pyridine rings is 1. The van der Waals surface area contributed by atoms with Crippen molar-refractivity contribution in [1.29, 1.82) is 0 Å². The number of carbonyl (C=O) groups is 1. The molecule has 0 bridgehead atoms. The zero-order chi connectivity index (χ0) is 13.3. The van der Waals surface area contributed by atoms with Crippen molar-refractivity contribution in [1.82, 2.24) is 10.3 Å². The summed E-state index contributed by atoms with van der Waals surface area (Å²) in [4.78, 5) is 16.0. The summed E-state index contributed by atoms with van der Waals surface area (Å²) in [5.74, 6) is 0.167. The number of hydrogen-bond donors (Lipinski definition) is 2. The first-order chi connectivity index (χ1) is 8.45. The molecule has 6 heteroatoms. The quantitative estimate of drug-likeness (QED) is 0.885. The van der Waals surface area contributed by atoms with E-state index in [9.17, 15) is 4.79 Å². The van der Waals surface area contributed by atoms with Crippen LogP contribution in [0.1, 0.15) is 30.8 Å². The van der Waals surface area contributed by atoms with Crippen LogP contribution in [0.2, 0.25) is 0 Å². The highest BCUT2D eigenvalue weighted by Crippen LogP contribution is 2.42. The SMILES string of the molecule is COC1CC(NC(=O)c2cccc(N)n2)C1(C)C.Cl. The molecule has 1 aromatic heterocycles. The fraction of sp³-hybridized carbons (Fsp3) is 0.538. The van der Waals surface area contributed by atoms with Gasteiger partial charge in [0.1, 0.15) is 11.5 Å². The maximum atomic E-state index is 12.0. The van der Waals surface area contributed by atoms with E-state index in [0.29, 0.717) is 11.5 Å². The molecular formula is C13H20ClN3O2. The molecule has 3 N–H and O–H groups in total. The molecule has 2 atom stereocenters. The molecule has 19 heavy (non-hydrogen) atoms. The predicted octanol–water partition coefficient (Wildman–Crippen LogP) is 1.63. The van der Waals surface area contributed by atoms with Crippen LogP contribution in [0.3, 0.4) is 0 Å². The van der Waals surface area contributed by atoms with Crippen molar-refractivity contribution in [2.45, 2.75) is 32.4 Å². The summed E-state index contributed by atoms with van der Waals surface area (Å²) in [5.41, 5.74) is 5.86. The summed E-state index contributed by atoms with van der Waals surface area (Å²) in [7, 11) is 1.70. The molecule has 1 aromatic rings. The highest BCUT2D eigenvalue weighted by molar-refractivity contribution is 5.92. The van der Waals surface area contributed by atoms with E-state index < -0.39 is 0 Å². The van der Waals surface area contributed by atoms with Crippen LogP contribution in [0.5, 0.6) is 0 Å². The number of halogens is 1. The lowest BCUT2D eigenvalue weighted by molar-refractivity contribution is -0.0942. The average Bonchev–Trinajstić information content (AvgIpc) is 2.33. The van der Waals surface area contributed by atoms with Gasteiger partial charge in [-0.05, 0) is 18.6 Å². The smallest absolute Gasteiger partial charge is 0.270 e. The van der Waals surface area contributed by atoms with Gasteiger partial charge < -0.3 is 15.8 Å². The fourth-order valence-corrected chi connectivity index (χ4v) is 2.34. The van der Waals surface area contributed by atoms with Crippen molar-refractivity contribution < 1.29 is 9.53 Å². The first kappa shape index (κ1) is 15.7. The molecule has 2 unspecified atom stereocenters. The molecule has 0 radical (unpaired) electrons. The Kier molecular flexibility index (Phi) is 4.76. The number of rotatable bonds is 3. The number of anilines is 1. The summed E-state index contributed by atoms with van der Waals surface area (Å²) in [6.45, 7) is 4.17. The van der Waals surface area contributed by atoms with Gasteiger partial charge in [-0.25, -0.2) is 4.98 Å². The average molecular weight is 286 g/mol. The maximum Gasteiger partial charge on any atom is 0.270 e. The van der Waals surface area contributed by atoms with Gasteiger partial charge in [0.25, 0.3) is 5.91 Å². The number of aromatic nitrogens is 1. The van der Waals surface area contributed by atoms with Crippen LogP contribution < -0.4 is 11.1 Å². The minimum atomic E-state index is -0.185. The van der Waals surface area contributed by atoms with Gasteiger partial charge in [-0.1, -0.05) is 19.9 Å². The zero-order valence-electron chi connectivity index (χ0n) is 11.3. The maximum absolute atomic E-state index is 12.0. The van der Waals surface area contributed by atoms with Gasteiger partial charge >= 0.3 is 0 Å². The largest absolute Gasteiger partial charge is 0.384 e. The molecule has 0 aromatic carbocycles. The molecule has 0 aliphatic heterocycles. The van der Waals surface area contributed by atoms with E-state index in [-0.39, 0.29) is 35.9 Å². The highest BCUT2D eigenvalue weighted by Gasteiger charge is 2.49. The fourth-order valence-electron chi connectivity index (χ4n) is 2.34. The van der Waals surface area contributed by atoms with Crippen molar-refractivity contribution in [3.05, 3.63) is 23.9 Å². The van der Waals surface area contributed by atoms with E-state index in [1.807, 2.05) is 0 Å². The summed E-state index contributed by atoms with van der Waals surface area (Å²) in [6, 6.07) is 5.15. The third kappa shape index (κ3) is 2.98. The van der Waals surface area contributed by atoms with Crippen molar-refractivity contribution in [2.24, 2.45) is 5.41 Å². The van der Waals surface area contributed by atoms with Crippen LogP contribution in [-0.4, -0.2) is 30.1 Å². The second kappa shape index (κ2) is 5.75. The lowest BCUT2D eigenvalue weighted by Crippen LogP contribution is -2.61. The number of nitrogens with zero attached hydrogens (tertiary/aromatic N) is 1. The Bertz CT molecular complexity index is 465. The van der Waals surface area contributed by atoms with E-state index in [0.717, 1.165) is 6.42 Å². The van der Waals surface area contributed by atoms with Crippen LogP contribution >= 0.6 is 12.4 Å². The van der Waals surface area contributed by atoms with Crippen molar-refractivity contribution >= 4 is 24.1 Å². The third-order valence-corrected chi connectivity index (χ3v) is 3.77. The molecule has 1 aliphatic carbocycles. The number of methoxy groups -OCH3 is 1. The van der Waals surface area contributed by atoms with Gasteiger partial charge in [-0.15, -0.1) is 12.4 Å². The topological polar surface area (TPSA) is 77.2 Å². The molecular weight excluding hydrogens is 266 g/mol. The molecule has 0 saturated heterocycles. The van der Waals surface area contributed by atoms with E-state index in [2.05, 4.69) is 24.1 Å². The van der Waals surface area contributed by atoms with Crippen molar-refractivity contribution in [3.63, 3.8) is 0 Å². The Hall–Kier alpha value is -1.33. The molecule has 5 nitrogen and oxygen atoms in total. The van der Waals surface area contributed by atoms with Crippen LogP contribution in [0.4, 0.5) is 5.82 Å². The normalized spacial score (nSPS) is 23.9. The highest BCUT2D eigenvalue weighted by atomic mass is 35.5. The first-order valence-electron chi connectivity index (χ1n) is 6.01. The summed E-state index contributed by atoms with van der Waals surface area (Å²) < 4.78 is 5.35. The number of nitrogen functional groups attached to an aromatic ring is 1. The molecule has 1 amide bonds. The van der Waals surface area contributed by atoms with Gasteiger partial charge in [0.15, 0.2) is 0 Å². The van der Waals surface area contributed by atoms with E-state index in [1.54, 1.807) is 25.3 Å². The van der Waals surface area contributed by atoms with Crippen molar-refractivity contribution in [2.75, 3.05) is 12.8 Å². The monoisotopic (exact) mass is 285 g/mol. The molecule has 2 rings (SSSR count). The van der Waals surface area contributed by atoms with Gasteiger partial charge in [0.05, 0.1) is 6.10 Å². The Balaban J connectivity index is 0.00000180. The number of carbonyl (C=O) groups excluding carboxylic acids is 1. The Morgan fingerprint density at radius 2 is 2.21 bits per heavy atom. The number of ether oxygens (including phenoxy) is 1. The van der Waals surface area contributed by atoms with Gasteiger partial charge in [-0.2, -0.15) is 0 Å². The van der Waals surface area contributed by atoms with Crippen LogP contribution in [0.25, 0.3) is 0 Å². The predicted molar refractivity (Wildman–Crippen MR) is 76.3 cm³/mol. The first-order valence-corrected chi connectivity index (χ1v) is 6.01. The standard InChI is InChI=1S/C13H19N3O2.ClH/c1-13(2)9(7-10(13)18-3)16-12(17)8-5-4-6-11(14)15-8;/h4-6,9-10H,7H2,1-3H3,(H2,14,15)(H,16,17);1H. The number of nitrogens with two attached hydrogens (primary N) is 1. The molecule has 1 heterocycles. The summed E-state index contributed by atoms with van der Waals surface area (Å²) in [6.07, 6.45) is 1.02. The third-order valence-electron chi connectivity index (χ3n) is 3.77. The lowest BCUT2D eigenvalue weighted by atomic mass is 9.64. The minimum absolute atomic E-state index is 0. The minimum Gasteiger partial charge on any atom is -0.384 e. The molecule has 0 spiro atoms. The molecule has 1 aliphatic rings. The van der Waals surface area contributed by atoms with Crippen LogP contribution in [0, 0.1) is 5.41 Å². The number of amides is 1. The van der Waals surface area contributed by atoms with E-state index >= 15 is 0 Å². The van der Waals surface area contributed by atoms with Crippen molar-refractivity contribution in [3.8, 4) is 0 Å². The number of hydrogen-bond acceptors (Lipinski definition) is 4. The van der Waals surface area contributed by atoms with Gasteiger partial charge in [0, 0.05) is 18.6 Å². The van der Waals surface area contributed by atoms with Gasteiger partial charge in [0.2, 0.25) is 0 Å². The van der Waals surface area contributed by atoms with E-state index in [1.165, 1.54) is 0 Å².